The number of aromatic nitrogens is 1. The Morgan fingerprint density at radius 1 is 1.33 bits per heavy atom. The number of anilines is 1. The first-order valence-corrected chi connectivity index (χ1v) is 8.34. The van der Waals surface area contributed by atoms with E-state index in [1.807, 2.05) is 48.2 Å². The van der Waals surface area contributed by atoms with Gasteiger partial charge in [-0.1, -0.05) is 30.3 Å². The summed E-state index contributed by atoms with van der Waals surface area (Å²) in [6.07, 6.45) is 4.52. The van der Waals surface area contributed by atoms with Gasteiger partial charge in [0, 0.05) is 12.7 Å². The van der Waals surface area contributed by atoms with E-state index in [0.29, 0.717) is 19.0 Å². The number of nitrogens with two attached hydrogens (primary N) is 1. The molecular weight excluding hydrogens is 302 g/mol. The first-order valence-electron chi connectivity index (χ1n) is 8.34. The van der Waals surface area contributed by atoms with E-state index in [1.54, 1.807) is 6.20 Å². The van der Waals surface area contributed by atoms with Crippen LogP contribution in [0.2, 0.25) is 0 Å². The third kappa shape index (κ3) is 3.67. The maximum absolute atomic E-state index is 12.6. The first-order chi connectivity index (χ1) is 11.6. The van der Waals surface area contributed by atoms with E-state index in [1.165, 1.54) is 0 Å². The molecule has 1 saturated heterocycles. The average Bonchev–Trinajstić information content (AvgIpc) is 2.63. The molecule has 0 radical (unpaired) electrons. The lowest BCUT2D eigenvalue weighted by atomic mass is 9.96. The largest absolute Gasteiger partial charge is 0.445 e. The molecule has 1 aliphatic rings. The summed E-state index contributed by atoms with van der Waals surface area (Å²) < 4.78 is 5.52. The number of benzene rings is 1. The van der Waals surface area contributed by atoms with Crippen LogP contribution >= 0.6 is 0 Å². The number of likely N-dealkylation sites (tertiary alicyclic amines) is 1. The van der Waals surface area contributed by atoms with Gasteiger partial charge in [0.05, 0.1) is 6.04 Å². The van der Waals surface area contributed by atoms with Crippen molar-refractivity contribution in [3.05, 3.63) is 59.3 Å². The van der Waals surface area contributed by atoms with Gasteiger partial charge in [-0.3, -0.25) is 0 Å². The molecule has 126 valence electrons. The van der Waals surface area contributed by atoms with Gasteiger partial charge < -0.3 is 15.4 Å². The van der Waals surface area contributed by atoms with Gasteiger partial charge in [-0.2, -0.15) is 0 Å². The summed E-state index contributed by atoms with van der Waals surface area (Å²) in [6, 6.07) is 11.8. The number of hydrogen-bond donors (Lipinski definition) is 1. The lowest BCUT2D eigenvalue weighted by Crippen LogP contribution is -2.38. The second-order valence-corrected chi connectivity index (χ2v) is 6.22. The van der Waals surface area contributed by atoms with Crippen molar-refractivity contribution in [3.63, 3.8) is 0 Å². The fourth-order valence-corrected chi connectivity index (χ4v) is 3.09. The van der Waals surface area contributed by atoms with Gasteiger partial charge in [-0.05, 0) is 48.9 Å². The Labute approximate surface area is 142 Å². The minimum absolute atomic E-state index is 0.00817. The summed E-state index contributed by atoms with van der Waals surface area (Å²) in [5.41, 5.74) is 8.77. The minimum atomic E-state index is -0.266. The molecule has 2 N–H and O–H groups in total. The highest BCUT2D eigenvalue weighted by atomic mass is 16.6. The number of piperidine rings is 1. The van der Waals surface area contributed by atoms with Crippen molar-refractivity contribution < 1.29 is 9.53 Å². The molecule has 1 atom stereocenters. The SMILES string of the molecule is Cc1cc(C2CCCCN2C(=O)OCc2ccccc2)cnc1N. The minimum Gasteiger partial charge on any atom is -0.445 e. The van der Waals surface area contributed by atoms with E-state index in [0.717, 1.165) is 36.0 Å². The van der Waals surface area contributed by atoms with Crippen LogP contribution in [0.3, 0.4) is 0 Å². The first kappa shape index (κ1) is 16.3. The molecule has 1 aromatic carbocycles. The normalized spacial score (nSPS) is 17.5. The number of nitrogens with zero attached hydrogens (tertiary/aromatic N) is 2. The van der Waals surface area contributed by atoms with Crippen molar-refractivity contribution in [2.24, 2.45) is 0 Å². The highest BCUT2D eigenvalue weighted by Crippen LogP contribution is 2.32. The highest BCUT2D eigenvalue weighted by Gasteiger charge is 2.29. The van der Waals surface area contributed by atoms with Gasteiger partial charge in [0.25, 0.3) is 0 Å². The number of aryl methyl sites for hydroxylation is 1. The maximum atomic E-state index is 12.6. The smallest absolute Gasteiger partial charge is 0.410 e. The molecule has 0 saturated carbocycles. The summed E-state index contributed by atoms with van der Waals surface area (Å²) >= 11 is 0. The predicted octanol–water partition coefficient (Wildman–Crippen LogP) is 3.84. The van der Waals surface area contributed by atoms with E-state index in [9.17, 15) is 4.79 Å². The van der Waals surface area contributed by atoms with E-state index in [-0.39, 0.29) is 12.1 Å². The summed E-state index contributed by atoms with van der Waals surface area (Å²) in [4.78, 5) is 18.6. The second-order valence-electron chi connectivity index (χ2n) is 6.22. The Balaban J connectivity index is 1.71. The Morgan fingerprint density at radius 2 is 2.12 bits per heavy atom. The zero-order valence-corrected chi connectivity index (χ0v) is 13.9. The van der Waals surface area contributed by atoms with Gasteiger partial charge in [0.1, 0.15) is 12.4 Å². The van der Waals surface area contributed by atoms with Crippen LogP contribution in [0.1, 0.15) is 42.0 Å². The van der Waals surface area contributed by atoms with Crippen LogP contribution in [0.25, 0.3) is 0 Å². The molecular formula is C19H23N3O2. The van der Waals surface area contributed by atoms with Crippen LogP contribution in [0.15, 0.2) is 42.6 Å². The topological polar surface area (TPSA) is 68.5 Å². The van der Waals surface area contributed by atoms with E-state index in [4.69, 9.17) is 10.5 Å². The number of ether oxygens (including phenoxy) is 1. The summed E-state index contributed by atoms with van der Waals surface area (Å²) in [5, 5.41) is 0. The Morgan fingerprint density at radius 3 is 2.88 bits per heavy atom. The van der Waals surface area contributed by atoms with Crippen molar-refractivity contribution in [1.29, 1.82) is 0 Å². The molecule has 2 aromatic rings. The summed E-state index contributed by atoms with van der Waals surface area (Å²) in [6.45, 7) is 2.94. The van der Waals surface area contributed by atoms with E-state index in [2.05, 4.69) is 4.98 Å². The molecule has 1 aromatic heterocycles. The van der Waals surface area contributed by atoms with Gasteiger partial charge in [-0.15, -0.1) is 0 Å². The second kappa shape index (κ2) is 7.34. The molecule has 1 fully saturated rings. The molecule has 5 heteroatoms. The number of pyridine rings is 1. The van der Waals surface area contributed by atoms with Crippen LogP contribution < -0.4 is 5.73 Å². The van der Waals surface area contributed by atoms with Gasteiger partial charge in [0.2, 0.25) is 0 Å². The van der Waals surface area contributed by atoms with Crippen molar-refractivity contribution in [2.45, 2.75) is 38.8 Å². The Hall–Kier alpha value is -2.56. The lowest BCUT2D eigenvalue weighted by molar-refractivity contribution is 0.0678. The van der Waals surface area contributed by atoms with Crippen molar-refractivity contribution in [2.75, 3.05) is 12.3 Å². The Kier molecular flexibility index (Phi) is 4.99. The van der Waals surface area contributed by atoms with Crippen LogP contribution in [0.5, 0.6) is 0 Å². The average molecular weight is 325 g/mol. The predicted molar refractivity (Wildman–Crippen MR) is 93.3 cm³/mol. The standard InChI is InChI=1S/C19H23N3O2/c1-14-11-16(12-21-18(14)20)17-9-5-6-10-22(17)19(23)24-13-15-7-3-2-4-8-15/h2-4,7-8,11-12,17H,5-6,9-10,13H2,1H3,(H2,20,21). The molecule has 0 spiro atoms. The van der Waals surface area contributed by atoms with Crippen LogP contribution in [0.4, 0.5) is 10.6 Å². The summed E-state index contributed by atoms with van der Waals surface area (Å²) in [5.74, 6) is 0.535. The van der Waals surface area contributed by atoms with Crippen molar-refractivity contribution >= 4 is 11.9 Å². The third-order valence-electron chi connectivity index (χ3n) is 4.47. The molecule has 3 rings (SSSR count). The molecule has 0 bridgehead atoms. The molecule has 1 aliphatic heterocycles. The van der Waals surface area contributed by atoms with Crippen LogP contribution in [-0.2, 0) is 11.3 Å². The maximum Gasteiger partial charge on any atom is 0.410 e. The van der Waals surface area contributed by atoms with Crippen molar-refractivity contribution in [3.8, 4) is 0 Å². The number of nitrogen functional groups attached to an aromatic ring is 1. The third-order valence-corrected chi connectivity index (χ3v) is 4.47. The number of hydrogen-bond acceptors (Lipinski definition) is 4. The molecule has 1 unspecified atom stereocenters. The number of carbonyl (C=O) groups is 1. The lowest BCUT2D eigenvalue weighted by Gasteiger charge is -2.35. The van der Waals surface area contributed by atoms with Crippen LogP contribution in [0, 0.1) is 6.92 Å². The number of carbonyl (C=O) groups excluding carboxylic acids is 1. The quantitative estimate of drug-likeness (QED) is 0.931. The van der Waals surface area contributed by atoms with Gasteiger partial charge in [-0.25, -0.2) is 9.78 Å². The van der Waals surface area contributed by atoms with Crippen LogP contribution in [-0.4, -0.2) is 22.5 Å². The summed E-state index contributed by atoms with van der Waals surface area (Å²) in [7, 11) is 0. The zero-order valence-electron chi connectivity index (χ0n) is 13.9. The Bertz CT molecular complexity index is 703. The molecule has 0 aliphatic carbocycles. The number of amides is 1. The van der Waals surface area contributed by atoms with Gasteiger partial charge >= 0.3 is 6.09 Å². The molecule has 1 amide bonds. The fourth-order valence-electron chi connectivity index (χ4n) is 3.09. The zero-order chi connectivity index (χ0) is 16.9. The fraction of sp³-hybridized carbons (Fsp3) is 0.368. The monoisotopic (exact) mass is 325 g/mol. The molecule has 24 heavy (non-hydrogen) atoms. The van der Waals surface area contributed by atoms with Crippen molar-refractivity contribution in [1.82, 2.24) is 9.88 Å². The van der Waals surface area contributed by atoms with E-state index < -0.39 is 0 Å². The number of rotatable bonds is 3. The highest BCUT2D eigenvalue weighted by molar-refractivity contribution is 5.68. The molecule has 5 nitrogen and oxygen atoms in total. The molecule has 2 heterocycles. The van der Waals surface area contributed by atoms with E-state index >= 15 is 0 Å². The van der Waals surface area contributed by atoms with Gasteiger partial charge in [0.15, 0.2) is 0 Å².